The van der Waals surface area contributed by atoms with E-state index < -0.39 is 0 Å². The first-order chi connectivity index (χ1) is 8.59. The molecule has 1 aliphatic heterocycles. The predicted octanol–water partition coefficient (Wildman–Crippen LogP) is 1.66. The number of hydrogen-bond acceptors (Lipinski definition) is 4. The van der Waals surface area contributed by atoms with Gasteiger partial charge in [-0.05, 0) is 11.5 Å². The zero-order chi connectivity index (χ0) is 12.9. The zero-order valence-electron chi connectivity index (χ0n) is 10.4. The summed E-state index contributed by atoms with van der Waals surface area (Å²) in [7, 11) is 0. The second-order valence-corrected chi connectivity index (χ2v) is 4.90. The molecular weight excluding hydrogens is 230 g/mol. The van der Waals surface area contributed by atoms with E-state index in [1.807, 2.05) is 13.8 Å². The lowest BCUT2D eigenvalue weighted by atomic mass is 9.94. The van der Waals surface area contributed by atoms with Crippen molar-refractivity contribution in [2.45, 2.75) is 33.0 Å². The van der Waals surface area contributed by atoms with Crippen molar-refractivity contribution >= 4 is 16.6 Å². The first-order valence-electron chi connectivity index (χ1n) is 5.99. The Morgan fingerprint density at radius 3 is 2.94 bits per heavy atom. The molecule has 5 heteroatoms. The number of pyridine rings is 2. The Hall–Kier alpha value is -1.88. The molecular formula is C13H15N3O2. The standard InChI is InChI=1S/C13H15N3O2/c1-6(2)10-11-7-4-18-5-9(7)15-3-8(11)16-13(17)12(10)14/h3,6H,4-5,14H2,1-2H3,(H,16,17). The normalized spacial score (nSPS) is 14.4. The Labute approximate surface area is 104 Å². The second kappa shape index (κ2) is 3.81. The number of nitrogens with two attached hydrogens (primary N) is 1. The van der Waals surface area contributed by atoms with Gasteiger partial charge < -0.3 is 15.5 Å². The van der Waals surface area contributed by atoms with Gasteiger partial charge in [0.05, 0.1) is 30.6 Å². The smallest absolute Gasteiger partial charge is 0.271 e. The van der Waals surface area contributed by atoms with Crippen molar-refractivity contribution in [2.24, 2.45) is 0 Å². The number of nitrogens with zero attached hydrogens (tertiary/aromatic N) is 1. The van der Waals surface area contributed by atoms with Crippen LogP contribution in [-0.2, 0) is 18.0 Å². The molecule has 0 unspecified atom stereocenters. The summed E-state index contributed by atoms with van der Waals surface area (Å²) < 4.78 is 5.43. The zero-order valence-corrected chi connectivity index (χ0v) is 10.4. The Balaban J connectivity index is 2.51. The van der Waals surface area contributed by atoms with Crippen molar-refractivity contribution < 1.29 is 4.74 Å². The highest BCUT2D eigenvalue weighted by Crippen LogP contribution is 2.33. The molecule has 3 rings (SSSR count). The Kier molecular flexibility index (Phi) is 2.38. The highest BCUT2D eigenvalue weighted by atomic mass is 16.5. The van der Waals surface area contributed by atoms with Crippen molar-refractivity contribution in [1.82, 2.24) is 9.97 Å². The number of hydrogen-bond donors (Lipinski definition) is 2. The third-order valence-electron chi connectivity index (χ3n) is 3.38. The molecule has 5 nitrogen and oxygen atoms in total. The van der Waals surface area contributed by atoms with Crippen LogP contribution in [0.1, 0.15) is 36.6 Å². The summed E-state index contributed by atoms with van der Waals surface area (Å²) >= 11 is 0. The molecule has 1 aliphatic rings. The quantitative estimate of drug-likeness (QED) is 0.800. The topological polar surface area (TPSA) is 81.0 Å². The van der Waals surface area contributed by atoms with E-state index in [2.05, 4.69) is 9.97 Å². The molecule has 0 saturated heterocycles. The third kappa shape index (κ3) is 1.44. The van der Waals surface area contributed by atoms with E-state index in [-0.39, 0.29) is 11.5 Å². The van der Waals surface area contributed by atoms with Gasteiger partial charge in [-0.25, -0.2) is 0 Å². The number of anilines is 1. The van der Waals surface area contributed by atoms with Crippen LogP contribution in [0.25, 0.3) is 10.9 Å². The minimum atomic E-state index is -0.244. The van der Waals surface area contributed by atoms with Crippen LogP contribution < -0.4 is 11.3 Å². The minimum Gasteiger partial charge on any atom is -0.394 e. The van der Waals surface area contributed by atoms with E-state index in [1.165, 1.54) is 0 Å². The molecule has 18 heavy (non-hydrogen) atoms. The molecule has 3 N–H and O–H groups in total. The first-order valence-corrected chi connectivity index (χ1v) is 5.99. The number of H-pyrrole nitrogens is 1. The molecule has 94 valence electrons. The van der Waals surface area contributed by atoms with E-state index in [0.29, 0.717) is 18.9 Å². The number of aromatic amines is 1. The number of nitrogen functional groups attached to an aromatic ring is 1. The van der Waals surface area contributed by atoms with E-state index in [9.17, 15) is 4.79 Å². The van der Waals surface area contributed by atoms with E-state index in [4.69, 9.17) is 10.5 Å². The fraction of sp³-hybridized carbons (Fsp3) is 0.385. The highest BCUT2D eigenvalue weighted by Gasteiger charge is 2.22. The second-order valence-electron chi connectivity index (χ2n) is 4.90. The lowest BCUT2D eigenvalue weighted by molar-refractivity contribution is 0.133. The average Bonchev–Trinajstić information content (AvgIpc) is 2.78. The maximum atomic E-state index is 11.8. The van der Waals surface area contributed by atoms with E-state index in [0.717, 1.165) is 27.7 Å². The molecule has 0 saturated carbocycles. The molecule has 0 aliphatic carbocycles. The maximum absolute atomic E-state index is 11.8. The van der Waals surface area contributed by atoms with Crippen molar-refractivity contribution in [2.75, 3.05) is 5.73 Å². The minimum absolute atomic E-state index is 0.182. The lowest BCUT2D eigenvalue weighted by Crippen LogP contribution is -2.16. The van der Waals surface area contributed by atoms with Crippen LogP contribution in [0.5, 0.6) is 0 Å². The van der Waals surface area contributed by atoms with Crippen LogP contribution in [-0.4, -0.2) is 9.97 Å². The summed E-state index contributed by atoms with van der Waals surface area (Å²) in [4.78, 5) is 18.9. The highest BCUT2D eigenvalue weighted by molar-refractivity contribution is 5.89. The van der Waals surface area contributed by atoms with Crippen molar-refractivity contribution in [3.8, 4) is 0 Å². The molecule has 0 fully saturated rings. The van der Waals surface area contributed by atoms with Crippen molar-refractivity contribution in [3.05, 3.63) is 33.4 Å². The van der Waals surface area contributed by atoms with Gasteiger partial charge in [-0.15, -0.1) is 0 Å². The Morgan fingerprint density at radius 1 is 1.44 bits per heavy atom. The van der Waals surface area contributed by atoms with E-state index in [1.54, 1.807) is 6.20 Å². The molecule has 0 bridgehead atoms. The molecule has 0 atom stereocenters. The largest absolute Gasteiger partial charge is 0.394 e. The first kappa shape index (κ1) is 11.2. The average molecular weight is 245 g/mol. The Morgan fingerprint density at radius 2 is 2.22 bits per heavy atom. The summed E-state index contributed by atoms with van der Waals surface area (Å²) in [5.41, 5.74) is 9.63. The number of aromatic nitrogens is 2. The van der Waals surface area contributed by atoms with Gasteiger partial charge in [0.1, 0.15) is 5.69 Å². The van der Waals surface area contributed by atoms with Gasteiger partial charge in [0.15, 0.2) is 0 Å². The number of fused-ring (bicyclic) bond motifs is 3. The summed E-state index contributed by atoms with van der Waals surface area (Å²) in [5, 5.41) is 1.00. The number of ether oxygens (including phenoxy) is 1. The fourth-order valence-electron chi connectivity index (χ4n) is 2.57. The molecule has 0 aromatic carbocycles. The Bertz CT molecular complexity index is 689. The van der Waals surface area contributed by atoms with Gasteiger partial charge in [0.2, 0.25) is 0 Å². The monoisotopic (exact) mass is 245 g/mol. The summed E-state index contributed by atoms with van der Waals surface area (Å²) in [6.45, 7) is 5.13. The molecule has 2 aromatic heterocycles. The van der Waals surface area contributed by atoms with Gasteiger partial charge in [0, 0.05) is 10.9 Å². The SMILES string of the molecule is CC(C)c1c(N)c(=O)[nH]c2cnc3c(c12)COC3. The summed E-state index contributed by atoms with van der Waals surface area (Å²) in [5.74, 6) is 0.182. The van der Waals surface area contributed by atoms with Gasteiger partial charge >= 0.3 is 0 Å². The summed E-state index contributed by atoms with van der Waals surface area (Å²) in [6.07, 6.45) is 1.69. The summed E-state index contributed by atoms with van der Waals surface area (Å²) in [6, 6.07) is 0. The van der Waals surface area contributed by atoms with Crippen LogP contribution >= 0.6 is 0 Å². The van der Waals surface area contributed by atoms with Gasteiger partial charge in [0.25, 0.3) is 5.56 Å². The molecule has 2 aromatic rings. The molecule has 3 heterocycles. The van der Waals surface area contributed by atoms with Crippen LogP contribution in [0.15, 0.2) is 11.0 Å². The van der Waals surface area contributed by atoms with Crippen molar-refractivity contribution in [1.29, 1.82) is 0 Å². The lowest BCUT2D eigenvalue weighted by Gasteiger charge is -2.14. The number of nitrogens with one attached hydrogen (secondary N) is 1. The fourth-order valence-corrected chi connectivity index (χ4v) is 2.57. The van der Waals surface area contributed by atoms with Crippen molar-refractivity contribution in [3.63, 3.8) is 0 Å². The van der Waals surface area contributed by atoms with Gasteiger partial charge in [-0.1, -0.05) is 13.8 Å². The molecule has 0 amide bonds. The maximum Gasteiger partial charge on any atom is 0.271 e. The third-order valence-corrected chi connectivity index (χ3v) is 3.38. The predicted molar refractivity (Wildman–Crippen MR) is 69.4 cm³/mol. The van der Waals surface area contributed by atoms with E-state index >= 15 is 0 Å². The van der Waals surface area contributed by atoms with Crippen LogP contribution in [0, 0.1) is 0 Å². The molecule has 0 spiro atoms. The number of rotatable bonds is 1. The van der Waals surface area contributed by atoms with Crippen LogP contribution in [0.2, 0.25) is 0 Å². The van der Waals surface area contributed by atoms with Crippen LogP contribution in [0.3, 0.4) is 0 Å². The van der Waals surface area contributed by atoms with Gasteiger partial charge in [-0.3, -0.25) is 9.78 Å². The molecule has 0 radical (unpaired) electrons. The van der Waals surface area contributed by atoms with Crippen LogP contribution in [0.4, 0.5) is 5.69 Å². The van der Waals surface area contributed by atoms with Gasteiger partial charge in [-0.2, -0.15) is 0 Å².